The Morgan fingerprint density at radius 1 is 0.255 bits per heavy atom. The highest BCUT2D eigenvalue weighted by molar-refractivity contribution is 7.47. The Hall–Kier alpha value is -1.94. The number of phosphoric acid groups is 2. The third-order valence-electron chi connectivity index (χ3n) is 22.0. The van der Waals surface area contributed by atoms with E-state index in [2.05, 4.69) is 55.4 Å². The van der Waals surface area contributed by atoms with Crippen LogP contribution in [0.15, 0.2) is 0 Å². The first-order valence-corrected chi connectivity index (χ1v) is 49.8. The fraction of sp³-hybridized carbons (Fsp3) is 0.956. The van der Waals surface area contributed by atoms with Crippen molar-refractivity contribution < 1.29 is 80.2 Å². The average molecular weight is 1610 g/mol. The maximum Gasteiger partial charge on any atom is 0.472 e. The van der Waals surface area contributed by atoms with Crippen molar-refractivity contribution in [2.24, 2.45) is 23.7 Å². The van der Waals surface area contributed by atoms with E-state index >= 15 is 0 Å². The summed E-state index contributed by atoms with van der Waals surface area (Å²) < 4.78 is 69.1. The van der Waals surface area contributed by atoms with Gasteiger partial charge in [-0.3, -0.25) is 37.3 Å². The zero-order valence-electron chi connectivity index (χ0n) is 72.9. The van der Waals surface area contributed by atoms with E-state index in [1.165, 1.54) is 283 Å². The first-order chi connectivity index (χ1) is 53.2. The van der Waals surface area contributed by atoms with Crippen molar-refractivity contribution in [1.82, 2.24) is 0 Å². The molecule has 0 amide bonds. The molecular formula is C91H178O17P2. The second-order valence-electron chi connectivity index (χ2n) is 34.1. The Kier molecular flexibility index (Phi) is 78.1. The standard InChI is InChI=1S/C91H178O17P2/c1-9-83(7)69-61-53-45-37-31-25-19-13-11-12-14-20-27-33-39-49-57-65-73-90(95)107-86(77-101-88(93)71-63-55-47-38-32-26-21-15-17-23-29-35-43-51-59-67-81(3)4)79-105-109(97,98)103-75-85(92)76-104-110(99,100)106-80-87(78-102-89(94)72-64-56-48-42-41-46-54-62-70-84(8)10-2)108-91(96)74-66-58-50-40-34-28-22-16-18-24-30-36-44-52-60-68-82(5)6/h81-87,92H,9-80H2,1-8H3,(H,97,98)(H,99,100)/t83?,84?,85-,86-,87-/m1/s1. The summed E-state index contributed by atoms with van der Waals surface area (Å²) in [4.78, 5) is 73.4. The highest BCUT2D eigenvalue weighted by Gasteiger charge is 2.31. The molecule has 4 unspecified atom stereocenters. The molecule has 7 atom stereocenters. The Labute approximate surface area is 677 Å². The van der Waals surface area contributed by atoms with E-state index in [4.69, 9.17) is 37.0 Å². The predicted octanol–water partition coefficient (Wildman–Crippen LogP) is 27.9. The molecule has 654 valence electrons. The molecule has 0 aromatic heterocycles. The number of carbonyl (C=O) groups excluding carboxylic acids is 4. The highest BCUT2D eigenvalue weighted by Crippen LogP contribution is 2.45. The van der Waals surface area contributed by atoms with Crippen LogP contribution < -0.4 is 0 Å². The van der Waals surface area contributed by atoms with Crippen molar-refractivity contribution in [3.05, 3.63) is 0 Å². The molecule has 110 heavy (non-hydrogen) atoms. The minimum absolute atomic E-state index is 0.107. The Balaban J connectivity index is 5.26. The lowest BCUT2D eigenvalue weighted by atomic mass is 9.99. The minimum atomic E-state index is -4.97. The maximum absolute atomic E-state index is 13.2. The zero-order chi connectivity index (χ0) is 80.9. The molecule has 0 aromatic carbocycles. The summed E-state index contributed by atoms with van der Waals surface area (Å²) in [6.07, 6.45) is 70.7. The van der Waals surface area contributed by atoms with Crippen LogP contribution in [0.5, 0.6) is 0 Å². The summed E-state index contributed by atoms with van der Waals surface area (Å²) >= 11 is 0. The fourth-order valence-corrected chi connectivity index (χ4v) is 15.7. The number of ether oxygens (including phenoxy) is 4. The van der Waals surface area contributed by atoms with Gasteiger partial charge < -0.3 is 33.8 Å². The molecule has 0 radical (unpaired) electrons. The first-order valence-electron chi connectivity index (χ1n) is 46.8. The summed E-state index contributed by atoms with van der Waals surface area (Å²) in [5, 5.41) is 10.7. The summed E-state index contributed by atoms with van der Waals surface area (Å²) in [6, 6.07) is 0. The number of aliphatic hydroxyl groups excluding tert-OH is 1. The lowest BCUT2D eigenvalue weighted by molar-refractivity contribution is -0.161. The SMILES string of the molecule is CCC(C)CCCCCCCCCCCCCCCCCCCCC(=O)O[C@H](COC(=O)CCCCCCCCCCCCCCCCCC(C)C)COP(=O)(O)OC[C@@H](O)COP(=O)(O)OC[C@@H](COC(=O)CCCCCCCCCCC(C)CC)OC(=O)CCCCCCCCCCCCCCCCCC(C)C. The molecule has 0 aliphatic heterocycles. The van der Waals surface area contributed by atoms with Crippen LogP contribution in [0.4, 0.5) is 0 Å². The third kappa shape index (κ3) is 81.2. The normalized spacial score (nSPS) is 14.3. The monoisotopic (exact) mass is 1610 g/mol. The van der Waals surface area contributed by atoms with E-state index in [9.17, 15) is 43.2 Å². The number of hydrogen-bond acceptors (Lipinski definition) is 15. The molecule has 0 aliphatic carbocycles. The van der Waals surface area contributed by atoms with Gasteiger partial charge in [0.25, 0.3) is 0 Å². The summed E-state index contributed by atoms with van der Waals surface area (Å²) in [5.74, 6) is 1.16. The van der Waals surface area contributed by atoms with Crippen molar-refractivity contribution in [1.29, 1.82) is 0 Å². The number of esters is 4. The minimum Gasteiger partial charge on any atom is -0.462 e. The molecule has 0 rings (SSSR count). The van der Waals surface area contributed by atoms with Gasteiger partial charge in [-0.25, -0.2) is 9.13 Å². The summed E-state index contributed by atoms with van der Waals surface area (Å²) in [6.45, 7) is 14.4. The van der Waals surface area contributed by atoms with Crippen molar-refractivity contribution in [2.45, 2.75) is 497 Å². The van der Waals surface area contributed by atoms with Crippen molar-refractivity contribution in [2.75, 3.05) is 39.6 Å². The zero-order valence-corrected chi connectivity index (χ0v) is 74.7. The average Bonchev–Trinajstić information content (AvgIpc) is 0.891. The van der Waals surface area contributed by atoms with E-state index in [0.717, 1.165) is 114 Å². The van der Waals surface area contributed by atoms with Crippen LogP contribution in [0, 0.1) is 23.7 Å². The molecule has 0 saturated carbocycles. The van der Waals surface area contributed by atoms with Crippen molar-refractivity contribution in [3.63, 3.8) is 0 Å². The smallest absolute Gasteiger partial charge is 0.462 e. The van der Waals surface area contributed by atoms with E-state index in [1.54, 1.807) is 0 Å². The molecule has 0 aliphatic rings. The van der Waals surface area contributed by atoms with Crippen LogP contribution in [0.2, 0.25) is 0 Å². The molecule has 0 saturated heterocycles. The van der Waals surface area contributed by atoms with Gasteiger partial charge in [0.1, 0.15) is 19.3 Å². The van der Waals surface area contributed by atoms with Gasteiger partial charge in [0.05, 0.1) is 26.4 Å². The summed E-state index contributed by atoms with van der Waals surface area (Å²) in [5.41, 5.74) is 0. The number of unbranched alkanes of at least 4 members (excludes halogenated alkanes) is 52. The number of aliphatic hydroxyl groups is 1. The predicted molar refractivity (Wildman–Crippen MR) is 455 cm³/mol. The van der Waals surface area contributed by atoms with Crippen LogP contribution in [0.25, 0.3) is 0 Å². The lowest BCUT2D eigenvalue weighted by Crippen LogP contribution is -2.30. The van der Waals surface area contributed by atoms with Gasteiger partial charge in [-0.1, -0.05) is 428 Å². The number of rotatable bonds is 88. The molecule has 17 nitrogen and oxygen atoms in total. The molecule has 19 heteroatoms. The van der Waals surface area contributed by atoms with Crippen LogP contribution in [-0.4, -0.2) is 96.7 Å². The Bertz CT molecular complexity index is 2130. The topological polar surface area (TPSA) is 237 Å². The Morgan fingerprint density at radius 3 is 0.645 bits per heavy atom. The molecule has 0 spiro atoms. The van der Waals surface area contributed by atoms with Crippen molar-refractivity contribution in [3.8, 4) is 0 Å². The Morgan fingerprint density at radius 2 is 0.436 bits per heavy atom. The van der Waals surface area contributed by atoms with E-state index in [1.807, 2.05) is 0 Å². The van der Waals surface area contributed by atoms with Gasteiger partial charge >= 0.3 is 39.5 Å². The van der Waals surface area contributed by atoms with Crippen LogP contribution in [0.3, 0.4) is 0 Å². The van der Waals surface area contributed by atoms with Crippen LogP contribution >= 0.6 is 15.6 Å². The second-order valence-corrected chi connectivity index (χ2v) is 37.0. The van der Waals surface area contributed by atoms with Gasteiger partial charge in [0, 0.05) is 25.7 Å². The maximum atomic E-state index is 13.2. The van der Waals surface area contributed by atoms with Gasteiger partial charge in [-0.05, 0) is 49.4 Å². The number of hydrogen-bond donors (Lipinski definition) is 3. The van der Waals surface area contributed by atoms with Gasteiger partial charge in [0.15, 0.2) is 12.2 Å². The van der Waals surface area contributed by atoms with E-state index in [0.29, 0.717) is 25.7 Å². The fourth-order valence-electron chi connectivity index (χ4n) is 14.1. The number of carbonyl (C=O) groups is 4. The molecule has 0 fully saturated rings. The van der Waals surface area contributed by atoms with Gasteiger partial charge in [-0.15, -0.1) is 0 Å². The molecule has 3 N–H and O–H groups in total. The second kappa shape index (κ2) is 79.5. The van der Waals surface area contributed by atoms with E-state index < -0.39 is 97.5 Å². The quantitative estimate of drug-likeness (QED) is 0.0222. The lowest BCUT2D eigenvalue weighted by Gasteiger charge is -2.21. The van der Waals surface area contributed by atoms with Gasteiger partial charge in [0.2, 0.25) is 0 Å². The number of phosphoric ester groups is 2. The highest BCUT2D eigenvalue weighted by atomic mass is 31.2. The first kappa shape index (κ1) is 108. The van der Waals surface area contributed by atoms with Crippen LogP contribution in [0.1, 0.15) is 479 Å². The molecule has 0 aromatic rings. The molecular weight excluding hydrogens is 1430 g/mol. The largest absolute Gasteiger partial charge is 0.472 e. The van der Waals surface area contributed by atoms with Crippen molar-refractivity contribution >= 4 is 39.5 Å². The summed E-state index contributed by atoms with van der Waals surface area (Å²) in [7, 11) is -9.94. The van der Waals surface area contributed by atoms with Gasteiger partial charge in [-0.2, -0.15) is 0 Å². The third-order valence-corrected chi connectivity index (χ3v) is 23.9. The molecule has 0 heterocycles. The van der Waals surface area contributed by atoms with Crippen LogP contribution in [-0.2, 0) is 65.4 Å². The van der Waals surface area contributed by atoms with E-state index in [-0.39, 0.29) is 25.7 Å². The molecule has 0 bridgehead atoms.